The number of nitrogens with zero attached hydrogens (tertiary/aromatic N) is 1. The number of hydrogen-bond acceptors (Lipinski definition) is 3. The van der Waals surface area contributed by atoms with E-state index in [1.54, 1.807) is 11.0 Å². The van der Waals surface area contributed by atoms with Crippen molar-refractivity contribution < 1.29 is 18.7 Å². The Kier molecular flexibility index (Phi) is 4.31. The van der Waals surface area contributed by atoms with E-state index in [0.717, 1.165) is 45.7 Å². The highest BCUT2D eigenvalue weighted by atomic mass is 19.1. The minimum Gasteiger partial charge on any atom is -0.493 e. The summed E-state index contributed by atoms with van der Waals surface area (Å²) >= 11 is 0. The van der Waals surface area contributed by atoms with Gasteiger partial charge in [0.15, 0.2) is 0 Å². The van der Waals surface area contributed by atoms with Gasteiger partial charge >= 0.3 is 0 Å². The topological polar surface area (TPSA) is 38.8 Å². The second kappa shape index (κ2) is 7.44. The molecule has 0 bridgehead atoms. The summed E-state index contributed by atoms with van der Waals surface area (Å²) in [5, 5.41) is 0. The van der Waals surface area contributed by atoms with Crippen LogP contribution in [0, 0.1) is 5.82 Å². The van der Waals surface area contributed by atoms with E-state index >= 15 is 0 Å². The highest BCUT2D eigenvalue weighted by Crippen LogP contribution is 2.54. The molecule has 3 aliphatic rings. The molecular weight excluding hydrogens is 441 g/mol. The van der Waals surface area contributed by atoms with Crippen molar-refractivity contribution >= 4 is 11.6 Å². The average molecular weight is 464 g/mol. The lowest BCUT2D eigenvalue weighted by molar-refractivity contribution is -0.122. The fourth-order valence-electron chi connectivity index (χ4n) is 5.75. The molecule has 1 amide bonds. The molecule has 3 aliphatic heterocycles. The molecule has 7 rings (SSSR count). The van der Waals surface area contributed by atoms with Crippen LogP contribution in [0.25, 0.3) is 11.1 Å². The molecule has 0 fully saturated rings. The molecule has 0 saturated heterocycles. The Balaban J connectivity index is 1.37. The largest absolute Gasteiger partial charge is 0.493 e. The lowest BCUT2D eigenvalue weighted by Crippen LogP contribution is -2.42. The third-order valence-electron chi connectivity index (χ3n) is 7.45. The second-order valence-electron chi connectivity index (χ2n) is 9.32. The lowest BCUT2D eigenvalue weighted by atomic mass is 9.76. The van der Waals surface area contributed by atoms with E-state index in [2.05, 4.69) is 18.2 Å². The first-order valence-electron chi connectivity index (χ1n) is 11.8. The molecule has 4 aromatic rings. The van der Waals surface area contributed by atoms with Crippen molar-refractivity contribution in [1.29, 1.82) is 0 Å². The quantitative estimate of drug-likeness (QED) is 0.394. The number of hydrogen-bond donors (Lipinski definition) is 0. The molecule has 1 atom stereocenters. The average Bonchev–Trinajstić information content (AvgIpc) is 3.56. The van der Waals surface area contributed by atoms with E-state index in [-0.39, 0.29) is 18.3 Å². The number of carbonyl (C=O) groups excluding carboxylic acids is 1. The highest BCUT2D eigenvalue weighted by Gasteiger charge is 2.57. The molecule has 172 valence electrons. The molecule has 4 aromatic carbocycles. The zero-order chi connectivity index (χ0) is 23.6. The van der Waals surface area contributed by atoms with E-state index in [9.17, 15) is 9.18 Å². The van der Waals surface area contributed by atoms with Crippen molar-refractivity contribution in [3.05, 3.63) is 113 Å². The smallest absolute Gasteiger partial charge is 0.246 e. The molecule has 4 nitrogen and oxygen atoms in total. The molecule has 1 spiro atoms. The molecule has 1 unspecified atom stereocenters. The Bertz CT molecular complexity index is 1500. The van der Waals surface area contributed by atoms with Gasteiger partial charge in [0.25, 0.3) is 0 Å². The summed E-state index contributed by atoms with van der Waals surface area (Å²) < 4.78 is 26.4. The van der Waals surface area contributed by atoms with Crippen LogP contribution in [0.2, 0.25) is 0 Å². The minimum atomic E-state index is -1.06. The molecule has 35 heavy (non-hydrogen) atoms. The Labute approximate surface area is 202 Å². The number of fused-ring (bicyclic) bond motifs is 5. The van der Waals surface area contributed by atoms with Gasteiger partial charge in [0, 0.05) is 29.3 Å². The fraction of sp³-hybridized carbons (Fsp3) is 0.167. The monoisotopic (exact) mass is 463 g/mol. The Morgan fingerprint density at radius 3 is 2.57 bits per heavy atom. The number of anilines is 1. The Morgan fingerprint density at radius 1 is 0.857 bits per heavy atom. The number of rotatable bonds is 3. The van der Waals surface area contributed by atoms with E-state index in [4.69, 9.17) is 9.47 Å². The van der Waals surface area contributed by atoms with Gasteiger partial charge in [-0.05, 0) is 46.5 Å². The van der Waals surface area contributed by atoms with Crippen LogP contribution < -0.4 is 14.4 Å². The first-order chi connectivity index (χ1) is 17.1. The van der Waals surface area contributed by atoms with Crippen molar-refractivity contribution in [2.24, 2.45) is 0 Å². The summed E-state index contributed by atoms with van der Waals surface area (Å²) in [5.41, 5.74) is 5.39. The van der Waals surface area contributed by atoms with E-state index in [1.165, 1.54) is 12.1 Å². The number of amides is 1. The van der Waals surface area contributed by atoms with Gasteiger partial charge in [0.05, 0.1) is 13.2 Å². The zero-order valence-corrected chi connectivity index (χ0v) is 19.0. The van der Waals surface area contributed by atoms with Gasteiger partial charge in [-0.25, -0.2) is 4.39 Å². The van der Waals surface area contributed by atoms with Crippen LogP contribution >= 0.6 is 0 Å². The van der Waals surface area contributed by atoms with Gasteiger partial charge in [-0.15, -0.1) is 0 Å². The number of ether oxygens (including phenoxy) is 2. The maximum Gasteiger partial charge on any atom is 0.246 e. The van der Waals surface area contributed by atoms with Crippen molar-refractivity contribution in [3.8, 4) is 22.6 Å². The summed E-state index contributed by atoms with van der Waals surface area (Å²) in [7, 11) is 0. The number of carbonyl (C=O) groups is 1. The molecule has 5 heteroatoms. The highest BCUT2D eigenvalue weighted by molar-refractivity contribution is 6.11. The van der Waals surface area contributed by atoms with Crippen molar-refractivity contribution in [3.63, 3.8) is 0 Å². The van der Waals surface area contributed by atoms with Crippen molar-refractivity contribution in [2.75, 3.05) is 18.1 Å². The van der Waals surface area contributed by atoms with Crippen LogP contribution in [-0.2, 0) is 23.2 Å². The van der Waals surface area contributed by atoms with Gasteiger partial charge in [0.2, 0.25) is 5.91 Å². The van der Waals surface area contributed by atoms with Gasteiger partial charge in [-0.2, -0.15) is 0 Å². The van der Waals surface area contributed by atoms with Crippen molar-refractivity contribution in [1.82, 2.24) is 0 Å². The predicted molar refractivity (Wildman–Crippen MR) is 131 cm³/mol. The fourth-order valence-corrected chi connectivity index (χ4v) is 5.75. The molecule has 0 radical (unpaired) electrons. The van der Waals surface area contributed by atoms with E-state index < -0.39 is 5.41 Å². The third-order valence-corrected chi connectivity index (χ3v) is 7.45. The SMILES string of the molecule is O=C1N(Cc2ccccc2-c2ccccc2)c2ccc(F)cc2C12COc1cc3c(cc12)CCO3. The summed E-state index contributed by atoms with van der Waals surface area (Å²) in [5.74, 6) is 0.999. The Morgan fingerprint density at radius 2 is 1.69 bits per heavy atom. The molecule has 0 aliphatic carbocycles. The summed E-state index contributed by atoms with van der Waals surface area (Å²) in [6.45, 7) is 1.15. The van der Waals surface area contributed by atoms with Crippen molar-refractivity contribution in [2.45, 2.75) is 18.4 Å². The van der Waals surface area contributed by atoms with E-state index in [1.807, 2.05) is 48.5 Å². The standard InChI is InChI=1S/C30H22FNO3/c31-22-10-11-26-24(15-22)30(18-35-28-16-27-20(12-13-34-27)14-25(28)30)29(33)32(26)17-21-8-4-5-9-23(21)19-6-2-1-3-7-19/h1-11,14-16H,12-13,17-18H2. The number of benzene rings is 4. The minimum absolute atomic E-state index is 0.0846. The van der Waals surface area contributed by atoms with Crippen LogP contribution in [0.15, 0.2) is 84.9 Å². The number of halogens is 1. The molecule has 3 heterocycles. The summed E-state index contributed by atoms with van der Waals surface area (Å²) in [4.78, 5) is 16.1. The lowest BCUT2D eigenvalue weighted by Gasteiger charge is -2.24. The predicted octanol–water partition coefficient (Wildman–Crippen LogP) is 5.65. The molecule has 0 N–H and O–H groups in total. The first-order valence-corrected chi connectivity index (χ1v) is 11.8. The van der Waals surface area contributed by atoms with Gasteiger partial charge < -0.3 is 14.4 Å². The first kappa shape index (κ1) is 20.3. The van der Waals surface area contributed by atoms with Crippen LogP contribution in [-0.4, -0.2) is 19.1 Å². The van der Waals surface area contributed by atoms with Crippen LogP contribution in [0.3, 0.4) is 0 Å². The van der Waals surface area contributed by atoms with Gasteiger partial charge in [-0.1, -0.05) is 54.6 Å². The summed E-state index contributed by atoms with van der Waals surface area (Å²) in [6.07, 6.45) is 0.789. The zero-order valence-electron chi connectivity index (χ0n) is 19.0. The Hall–Kier alpha value is -4.12. The maximum atomic E-state index is 14.6. The molecule has 0 saturated carbocycles. The van der Waals surface area contributed by atoms with Gasteiger partial charge in [0.1, 0.15) is 29.3 Å². The molecular formula is C30H22FNO3. The molecule has 0 aromatic heterocycles. The van der Waals surface area contributed by atoms with Gasteiger partial charge in [-0.3, -0.25) is 4.79 Å². The second-order valence-corrected chi connectivity index (χ2v) is 9.32. The van der Waals surface area contributed by atoms with Crippen LogP contribution in [0.1, 0.15) is 22.3 Å². The van der Waals surface area contributed by atoms with Crippen LogP contribution in [0.5, 0.6) is 11.5 Å². The summed E-state index contributed by atoms with van der Waals surface area (Å²) in [6, 6.07) is 26.8. The third kappa shape index (κ3) is 2.88. The van der Waals surface area contributed by atoms with Crippen LogP contribution in [0.4, 0.5) is 10.1 Å². The normalized spacial score (nSPS) is 19.3. The van der Waals surface area contributed by atoms with E-state index in [0.29, 0.717) is 24.5 Å². The maximum absolute atomic E-state index is 14.6.